The average molecular weight is 263 g/mol. The summed E-state index contributed by atoms with van der Waals surface area (Å²) in [5.74, 6) is 5.98. The van der Waals surface area contributed by atoms with Gasteiger partial charge in [0.1, 0.15) is 5.82 Å². The Hall–Kier alpha value is -1.66. The zero-order valence-electron chi connectivity index (χ0n) is 11.2. The van der Waals surface area contributed by atoms with Gasteiger partial charge < -0.3 is 4.90 Å². The highest BCUT2D eigenvalue weighted by Crippen LogP contribution is 2.13. The second-order valence-electron chi connectivity index (χ2n) is 4.89. The van der Waals surface area contributed by atoms with Crippen LogP contribution in [-0.4, -0.2) is 48.5 Å². The van der Waals surface area contributed by atoms with Crippen molar-refractivity contribution in [2.75, 3.05) is 37.6 Å². The van der Waals surface area contributed by atoms with Gasteiger partial charge in [-0.15, -0.1) is 0 Å². The summed E-state index contributed by atoms with van der Waals surface area (Å²) < 4.78 is 0. The lowest BCUT2D eigenvalue weighted by Crippen LogP contribution is -2.49. The summed E-state index contributed by atoms with van der Waals surface area (Å²) in [5, 5.41) is 0. The summed E-state index contributed by atoms with van der Waals surface area (Å²) in [5.41, 5.74) is 2.20. The first-order valence-corrected chi connectivity index (χ1v) is 6.59. The van der Waals surface area contributed by atoms with Crippen LogP contribution in [0.25, 0.3) is 0 Å². The molecule has 1 aliphatic rings. The summed E-state index contributed by atoms with van der Waals surface area (Å²) in [7, 11) is 0. The van der Waals surface area contributed by atoms with Crippen LogP contribution in [0.5, 0.6) is 0 Å². The van der Waals surface area contributed by atoms with E-state index in [1.807, 2.05) is 31.3 Å². The summed E-state index contributed by atoms with van der Waals surface area (Å²) in [6.45, 7) is 6.41. The molecule has 104 valence electrons. The van der Waals surface area contributed by atoms with Gasteiger partial charge >= 0.3 is 0 Å². The smallest absolute Gasteiger partial charge is 0.237 e. The molecule has 1 amide bonds. The van der Waals surface area contributed by atoms with Gasteiger partial charge in [0.25, 0.3) is 0 Å². The highest BCUT2D eigenvalue weighted by Gasteiger charge is 2.21. The number of carbonyl (C=O) groups is 1. The molecular weight excluding hydrogens is 242 g/mol. The molecule has 3 N–H and O–H groups in total. The molecule has 19 heavy (non-hydrogen) atoms. The number of rotatable bonds is 4. The molecule has 0 spiro atoms. The first-order valence-electron chi connectivity index (χ1n) is 6.59. The van der Waals surface area contributed by atoms with Crippen molar-refractivity contribution in [3.05, 3.63) is 24.4 Å². The molecule has 0 aliphatic carbocycles. The Kier molecular flexibility index (Phi) is 4.70. The number of nitrogens with one attached hydrogen (secondary N) is 1. The molecule has 1 aromatic heterocycles. The highest BCUT2D eigenvalue weighted by molar-refractivity contribution is 5.77. The molecule has 1 aromatic rings. The van der Waals surface area contributed by atoms with Gasteiger partial charge in [0.05, 0.1) is 0 Å². The number of amides is 1. The van der Waals surface area contributed by atoms with Crippen molar-refractivity contribution in [2.45, 2.75) is 6.92 Å². The van der Waals surface area contributed by atoms with E-state index in [0.717, 1.165) is 38.5 Å². The SMILES string of the molecule is CC(CN1CCN(c2ccccn2)CC1)C(=O)NN. The number of hydrogen-bond donors (Lipinski definition) is 2. The fourth-order valence-corrected chi connectivity index (χ4v) is 2.31. The highest BCUT2D eigenvalue weighted by atomic mass is 16.2. The number of hydrazine groups is 1. The van der Waals surface area contributed by atoms with E-state index in [0.29, 0.717) is 0 Å². The molecule has 2 rings (SSSR count). The van der Waals surface area contributed by atoms with E-state index in [1.165, 1.54) is 0 Å². The molecule has 6 heteroatoms. The van der Waals surface area contributed by atoms with Gasteiger partial charge in [-0.25, -0.2) is 10.8 Å². The van der Waals surface area contributed by atoms with Gasteiger partial charge in [-0.1, -0.05) is 13.0 Å². The molecule has 6 nitrogen and oxygen atoms in total. The van der Waals surface area contributed by atoms with E-state index in [4.69, 9.17) is 5.84 Å². The maximum absolute atomic E-state index is 11.4. The quantitative estimate of drug-likeness (QED) is 0.448. The van der Waals surface area contributed by atoms with Crippen LogP contribution in [0, 0.1) is 5.92 Å². The van der Waals surface area contributed by atoms with Crippen LogP contribution in [0.4, 0.5) is 5.82 Å². The Balaban J connectivity index is 1.81. The molecule has 0 saturated carbocycles. The van der Waals surface area contributed by atoms with E-state index in [9.17, 15) is 4.79 Å². The maximum Gasteiger partial charge on any atom is 0.237 e. The summed E-state index contributed by atoms with van der Waals surface area (Å²) >= 11 is 0. The second kappa shape index (κ2) is 6.49. The first kappa shape index (κ1) is 13.8. The molecule has 1 fully saturated rings. The molecule has 0 radical (unpaired) electrons. The van der Waals surface area contributed by atoms with E-state index in [2.05, 4.69) is 20.2 Å². The second-order valence-corrected chi connectivity index (χ2v) is 4.89. The van der Waals surface area contributed by atoms with Crippen molar-refractivity contribution in [2.24, 2.45) is 11.8 Å². The number of piperazine rings is 1. The number of pyridine rings is 1. The van der Waals surface area contributed by atoms with Crippen LogP contribution in [-0.2, 0) is 4.79 Å². The van der Waals surface area contributed by atoms with Crippen LogP contribution in [0.2, 0.25) is 0 Å². The number of anilines is 1. The number of carbonyl (C=O) groups excluding carboxylic acids is 1. The van der Waals surface area contributed by atoms with Gasteiger partial charge in [0.15, 0.2) is 0 Å². The van der Waals surface area contributed by atoms with Crippen molar-refractivity contribution >= 4 is 11.7 Å². The molecule has 1 unspecified atom stereocenters. The lowest BCUT2D eigenvalue weighted by Gasteiger charge is -2.36. The van der Waals surface area contributed by atoms with Crippen molar-refractivity contribution in [1.29, 1.82) is 0 Å². The van der Waals surface area contributed by atoms with Gasteiger partial charge in [-0.3, -0.25) is 15.1 Å². The number of hydrogen-bond acceptors (Lipinski definition) is 5. The summed E-state index contributed by atoms with van der Waals surface area (Å²) in [6, 6.07) is 5.95. The summed E-state index contributed by atoms with van der Waals surface area (Å²) in [6.07, 6.45) is 1.81. The normalized spacial score (nSPS) is 18.1. The zero-order chi connectivity index (χ0) is 13.7. The van der Waals surface area contributed by atoms with Gasteiger partial charge in [0, 0.05) is 44.8 Å². The van der Waals surface area contributed by atoms with Crippen molar-refractivity contribution in [3.63, 3.8) is 0 Å². The topological polar surface area (TPSA) is 74.5 Å². The monoisotopic (exact) mass is 263 g/mol. The van der Waals surface area contributed by atoms with E-state index >= 15 is 0 Å². The number of nitrogens with two attached hydrogens (primary N) is 1. The van der Waals surface area contributed by atoms with E-state index in [-0.39, 0.29) is 11.8 Å². The minimum atomic E-state index is -0.104. The third-order valence-electron chi connectivity index (χ3n) is 3.47. The van der Waals surface area contributed by atoms with Crippen LogP contribution in [0.1, 0.15) is 6.92 Å². The van der Waals surface area contributed by atoms with Crippen molar-refractivity contribution < 1.29 is 4.79 Å². The van der Waals surface area contributed by atoms with Crippen LogP contribution >= 0.6 is 0 Å². The first-order chi connectivity index (χ1) is 9.20. The Morgan fingerprint density at radius 1 is 1.42 bits per heavy atom. The van der Waals surface area contributed by atoms with E-state index in [1.54, 1.807) is 0 Å². The Morgan fingerprint density at radius 3 is 2.74 bits per heavy atom. The van der Waals surface area contributed by atoms with Crippen LogP contribution < -0.4 is 16.2 Å². The molecule has 0 bridgehead atoms. The molecular formula is C13H21N5O. The van der Waals surface area contributed by atoms with Crippen molar-refractivity contribution in [3.8, 4) is 0 Å². The third kappa shape index (κ3) is 3.65. The Labute approximate surface area is 113 Å². The lowest BCUT2D eigenvalue weighted by atomic mass is 10.1. The molecule has 1 atom stereocenters. The standard InChI is InChI=1S/C13H21N5O/c1-11(13(19)16-14)10-17-6-8-18(9-7-17)12-4-2-3-5-15-12/h2-5,11H,6-10,14H2,1H3,(H,16,19). The number of nitrogens with zero attached hydrogens (tertiary/aromatic N) is 3. The molecule has 0 aromatic carbocycles. The fourth-order valence-electron chi connectivity index (χ4n) is 2.31. The Bertz CT molecular complexity index is 403. The lowest BCUT2D eigenvalue weighted by molar-refractivity contribution is -0.125. The molecule has 2 heterocycles. The van der Waals surface area contributed by atoms with E-state index < -0.39 is 0 Å². The maximum atomic E-state index is 11.4. The van der Waals surface area contributed by atoms with Crippen LogP contribution in [0.3, 0.4) is 0 Å². The average Bonchev–Trinajstić information content (AvgIpc) is 2.48. The summed E-state index contributed by atoms with van der Waals surface area (Å²) in [4.78, 5) is 20.3. The minimum absolute atomic E-state index is 0.0774. The fraction of sp³-hybridized carbons (Fsp3) is 0.538. The van der Waals surface area contributed by atoms with Gasteiger partial charge in [-0.2, -0.15) is 0 Å². The van der Waals surface area contributed by atoms with Crippen molar-refractivity contribution in [1.82, 2.24) is 15.3 Å². The Morgan fingerprint density at radius 2 is 2.16 bits per heavy atom. The largest absolute Gasteiger partial charge is 0.354 e. The third-order valence-corrected chi connectivity index (χ3v) is 3.47. The minimum Gasteiger partial charge on any atom is -0.354 e. The zero-order valence-corrected chi connectivity index (χ0v) is 11.2. The molecule has 1 saturated heterocycles. The predicted molar refractivity (Wildman–Crippen MR) is 74.4 cm³/mol. The van der Waals surface area contributed by atoms with Crippen LogP contribution in [0.15, 0.2) is 24.4 Å². The predicted octanol–water partition coefficient (Wildman–Crippen LogP) is -0.170. The van der Waals surface area contributed by atoms with Gasteiger partial charge in [-0.05, 0) is 12.1 Å². The number of aromatic nitrogens is 1. The molecule has 1 aliphatic heterocycles. The van der Waals surface area contributed by atoms with Gasteiger partial charge in [0.2, 0.25) is 5.91 Å².